The van der Waals surface area contributed by atoms with Crippen molar-refractivity contribution in [3.63, 3.8) is 0 Å². The Morgan fingerprint density at radius 2 is 1.58 bits per heavy atom. The molecule has 268 valence electrons. The van der Waals surface area contributed by atoms with E-state index in [2.05, 4.69) is 5.32 Å². The van der Waals surface area contributed by atoms with Crippen LogP contribution >= 0.6 is 11.6 Å². The number of carbonyl (C=O) groups excluding carboxylic acids is 4. The zero-order valence-electron chi connectivity index (χ0n) is 29.3. The molecule has 1 fully saturated rings. The number of hydrogen-bond donors (Lipinski definition) is 2. The number of nitrogens with zero attached hydrogens (tertiary/aromatic N) is 2. The van der Waals surface area contributed by atoms with Crippen molar-refractivity contribution >= 4 is 41.1 Å². The van der Waals surface area contributed by atoms with Gasteiger partial charge in [0.2, 0.25) is 11.8 Å². The number of nitrogens with one attached hydrogen (secondary N) is 1. The summed E-state index contributed by atoms with van der Waals surface area (Å²) in [5.74, 6) is -0.627. The standard InChI is InChI=1S/C36H43ClN4O9/c1-36(2,3)50-34(44)26-10-8-21(12-28(26)38)17-39-35(45)41-20-32(42)40(19-27-30(48-6)15-25(46-4)16-31(27)49-7)18-23(33(41)43)13-22-14-24(37)9-11-29(22)47-5/h8-12,14-16,23H,13,17-20,38H2,1-7H3,(H,39,45)/t23-/m1/s1. The molecule has 0 aliphatic carbocycles. The molecule has 1 aliphatic rings. The third-order valence-corrected chi connectivity index (χ3v) is 8.24. The number of anilines is 1. The molecule has 4 rings (SSSR count). The van der Waals surface area contributed by atoms with Gasteiger partial charge in [-0.2, -0.15) is 0 Å². The second-order valence-corrected chi connectivity index (χ2v) is 13.1. The number of methoxy groups -OCH3 is 4. The van der Waals surface area contributed by atoms with Crippen molar-refractivity contribution in [3.05, 3.63) is 75.8 Å². The first-order chi connectivity index (χ1) is 23.7. The largest absolute Gasteiger partial charge is 0.496 e. The van der Waals surface area contributed by atoms with Crippen LogP contribution in [0.5, 0.6) is 23.0 Å². The van der Waals surface area contributed by atoms with E-state index in [1.165, 1.54) is 39.4 Å². The Balaban J connectivity index is 1.62. The van der Waals surface area contributed by atoms with Crippen molar-refractivity contribution in [3.8, 4) is 23.0 Å². The molecule has 1 aliphatic heterocycles. The number of benzene rings is 3. The summed E-state index contributed by atoms with van der Waals surface area (Å²) in [4.78, 5) is 56.5. The third-order valence-electron chi connectivity index (χ3n) is 8.00. The summed E-state index contributed by atoms with van der Waals surface area (Å²) < 4.78 is 27.5. The number of nitrogens with two attached hydrogens (primary N) is 1. The minimum atomic E-state index is -0.862. The lowest BCUT2D eigenvalue weighted by atomic mass is 9.96. The van der Waals surface area contributed by atoms with Gasteiger partial charge in [0, 0.05) is 35.9 Å². The summed E-state index contributed by atoms with van der Waals surface area (Å²) in [6.07, 6.45) is 0.121. The molecule has 1 heterocycles. The molecule has 0 spiro atoms. The molecular formula is C36H43ClN4O9. The summed E-state index contributed by atoms with van der Waals surface area (Å²) in [7, 11) is 6.00. The minimum absolute atomic E-state index is 0.0182. The van der Waals surface area contributed by atoms with Crippen LogP contribution in [0.4, 0.5) is 10.5 Å². The fourth-order valence-corrected chi connectivity index (χ4v) is 5.76. The summed E-state index contributed by atoms with van der Waals surface area (Å²) >= 11 is 6.30. The SMILES string of the molecule is COc1cc(OC)c(CN2C[C@@H](Cc3cc(Cl)ccc3OC)C(=O)N(C(=O)NCc3ccc(C(=O)OC(C)(C)C)c(N)c3)CC2=O)c(OC)c1. The van der Waals surface area contributed by atoms with Gasteiger partial charge in [-0.15, -0.1) is 0 Å². The van der Waals surface area contributed by atoms with E-state index < -0.39 is 41.9 Å². The molecule has 0 radical (unpaired) electrons. The Kier molecular flexibility index (Phi) is 12.1. The van der Waals surface area contributed by atoms with E-state index in [-0.39, 0.29) is 37.3 Å². The van der Waals surface area contributed by atoms with Crippen LogP contribution in [0, 0.1) is 5.92 Å². The van der Waals surface area contributed by atoms with Crippen molar-refractivity contribution in [2.45, 2.75) is 45.9 Å². The summed E-state index contributed by atoms with van der Waals surface area (Å²) in [6, 6.07) is 12.3. The van der Waals surface area contributed by atoms with Crippen LogP contribution in [0.15, 0.2) is 48.5 Å². The zero-order chi connectivity index (χ0) is 36.7. The van der Waals surface area contributed by atoms with E-state index in [0.29, 0.717) is 44.7 Å². The molecule has 0 unspecified atom stereocenters. The van der Waals surface area contributed by atoms with E-state index in [9.17, 15) is 19.2 Å². The van der Waals surface area contributed by atoms with Crippen LogP contribution in [0.25, 0.3) is 0 Å². The number of carbonyl (C=O) groups is 4. The monoisotopic (exact) mass is 710 g/mol. The number of amides is 4. The van der Waals surface area contributed by atoms with E-state index in [4.69, 9.17) is 41.0 Å². The van der Waals surface area contributed by atoms with Gasteiger partial charge in [-0.05, 0) is 68.7 Å². The molecule has 3 aromatic carbocycles. The zero-order valence-corrected chi connectivity index (χ0v) is 30.0. The predicted molar refractivity (Wildman–Crippen MR) is 187 cm³/mol. The second kappa shape index (κ2) is 16.0. The van der Waals surface area contributed by atoms with E-state index in [0.717, 1.165) is 4.90 Å². The lowest BCUT2D eigenvalue weighted by Gasteiger charge is -2.26. The smallest absolute Gasteiger partial charge is 0.340 e. The van der Waals surface area contributed by atoms with Gasteiger partial charge >= 0.3 is 12.0 Å². The molecular weight excluding hydrogens is 668 g/mol. The van der Waals surface area contributed by atoms with E-state index in [1.807, 2.05) is 0 Å². The molecule has 13 nitrogen and oxygen atoms in total. The number of imide groups is 1. The van der Waals surface area contributed by atoms with Gasteiger partial charge in [0.1, 0.15) is 35.1 Å². The number of esters is 1. The fourth-order valence-electron chi connectivity index (χ4n) is 5.57. The first-order valence-corrected chi connectivity index (χ1v) is 16.2. The quantitative estimate of drug-likeness (QED) is 0.208. The average molecular weight is 711 g/mol. The van der Waals surface area contributed by atoms with Crippen LogP contribution < -0.4 is 30.0 Å². The van der Waals surface area contributed by atoms with Crippen molar-refractivity contribution in [1.82, 2.24) is 15.1 Å². The maximum atomic E-state index is 14.1. The lowest BCUT2D eigenvalue weighted by Crippen LogP contribution is -2.47. The number of nitrogen functional groups attached to an aromatic ring is 1. The van der Waals surface area contributed by atoms with Crippen molar-refractivity contribution in [2.24, 2.45) is 5.92 Å². The highest BCUT2D eigenvalue weighted by molar-refractivity contribution is 6.30. The number of halogens is 1. The Labute approximate surface area is 296 Å². The van der Waals surface area contributed by atoms with Crippen LogP contribution in [-0.2, 0) is 33.8 Å². The van der Waals surface area contributed by atoms with Gasteiger partial charge in [-0.3, -0.25) is 14.5 Å². The van der Waals surface area contributed by atoms with Crippen LogP contribution in [-0.4, -0.2) is 80.7 Å². The number of urea groups is 1. The van der Waals surface area contributed by atoms with Gasteiger partial charge in [0.25, 0.3) is 0 Å². The maximum absolute atomic E-state index is 14.1. The Morgan fingerprint density at radius 1 is 0.920 bits per heavy atom. The van der Waals surface area contributed by atoms with E-state index in [1.54, 1.807) is 63.2 Å². The van der Waals surface area contributed by atoms with Crippen molar-refractivity contribution in [1.29, 1.82) is 0 Å². The highest BCUT2D eigenvalue weighted by Gasteiger charge is 2.38. The molecule has 3 aromatic rings. The van der Waals surface area contributed by atoms with Gasteiger partial charge in [-0.1, -0.05) is 17.7 Å². The Morgan fingerprint density at radius 3 is 2.16 bits per heavy atom. The van der Waals surface area contributed by atoms with Gasteiger partial charge < -0.3 is 39.6 Å². The molecule has 50 heavy (non-hydrogen) atoms. The van der Waals surface area contributed by atoms with E-state index >= 15 is 0 Å². The van der Waals surface area contributed by atoms with Gasteiger partial charge in [0.15, 0.2) is 0 Å². The topological polar surface area (TPSA) is 159 Å². The molecule has 1 saturated heterocycles. The lowest BCUT2D eigenvalue weighted by molar-refractivity contribution is -0.135. The first kappa shape index (κ1) is 37.6. The Bertz CT molecular complexity index is 1730. The molecule has 0 saturated carbocycles. The summed E-state index contributed by atoms with van der Waals surface area (Å²) in [6.45, 7) is 4.69. The van der Waals surface area contributed by atoms with Crippen molar-refractivity contribution in [2.75, 3.05) is 47.3 Å². The van der Waals surface area contributed by atoms with Gasteiger partial charge in [-0.25, -0.2) is 9.59 Å². The molecule has 0 aromatic heterocycles. The van der Waals surface area contributed by atoms with Gasteiger partial charge in [0.05, 0.1) is 52.0 Å². The van der Waals surface area contributed by atoms with Crippen LogP contribution in [0.3, 0.4) is 0 Å². The molecule has 14 heteroatoms. The van der Waals surface area contributed by atoms with Crippen molar-refractivity contribution < 1.29 is 42.9 Å². The first-order valence-electron chi connectivity index (χ1n) is 15.8. The number of hydrogen-bond acceptors (Lipinski definition) is 10. The molecule has 4 amide bonds. The fraction of sp³-hybridized carbons (Fsp3) is 0.389. The van der Waals surface area contributed by atoms with Crippen LogP contribution in [0.2, 0.25) is 5.02 Å². The maximum Gasteiger partial charge on any atom is 0.340 e. The predicted octanol–water partition coefficient (Wildman–Crippen LogP) is 4.85. The minimum Gasteiger partial charge on any atom is -0.496 e. The summed E-state index contributed by atoms with van der Waals surface area (Å²) in [5.41, 5.74) is 7.55. The summed E-state index contributed by atoms with van der Waals surface area (Å²) in [5, 5.41) is 3.15. The molecule has 1 atom stereocenters. The number of rotatable bonds is 11. The molecule has 3 N–H and O–H groups in total. The highest BCUT2D eigenvalue weighted by atomic mass is 35.5. The third kappa shape index (κ3) is 9.08. The Hall–Kier alpha value is -5.17. The van der Waals surface area contributed by atoms with Crippen LogP contribution in [0.1, 0.15) is 47.8 Å². The highest BCUT2D eigenvalue weighted by Crippen LogP contribution is 2.36. The second-order valence-electron chi connectivity index (χ2n) is 12.6. The number of ether oxygens (including phenoxy) is 5. The average Bonchev–Trinajstić information content (AvgIpc) is 3.18. The molecule has 0 bridgehead atoms. The normalized spacial score (nSPS) is 14.9.